The third-order valence-corrected chi connectivity index (χ3v) is 14.2. The van der Waals surface area contributed by atoms with E-state index in [9.17, 15) is 28.1 Å². The molecule has 3 N–H and O–H groups in total. The first kappa shape index (κ1) is 72.8. The molecule has 81 heavy (non-hydrogen) atoms. The number of esters is 3. The van der Waals surface area contributed by atoms with E-state index in [4.69, 9.17) is 76.2 Å². The van der Waals surface area contributed by atoms with Gasteiger partial charge in [0.25, 0.3) is 0 Å². The number of nitrogens with one attached hydrogen (secondary N) is 3. The van der Waals surface area contributed by atoms with Gasteiger partial charge in [0, 0.05) is 36.8 Å². The predicted octanol–water partition coefficient (Wildman–Crippen LogP) is 14.6. The molecule has 0 aliphatic heterocycles. The number of halogens is 3. The summed E-state index contributed by atoms with van der Waals surface area (Å²) in [6.45, 7) is 14.8. The topological polar surface area (TPSA) is 260 Å². The van der Waals surface area contributed by atoms with Crippen LogP contribution in [0.25, 0.3) is 0 Å². The van der Waals surface area contributed by atoms with Crippen molar-refractivity contribution in [1.29, 1.82) is 0 Å². The summed E-state index contributed by atoms with van der Waals surface area (Å²) in [4.78, 5) is 47.7. The molecule has 444 valence electrons. The highest BCUT2D eigenvalue weighted by molar-refractivity contribution is 7.53. The Morgan fingerprint density at radius 1 is 0.370 bits per heavy atom. The standard InChI is InChI=1S/3C17H20ClN2O5P.3CH4/c3*1-12(2)23-17(21)13(3)20-26(22,24-15-7-5-4-6-8-15)25-16-9-14(18)10-19-11-16;;;/h3*4-13H,1-3H3,(H,20,22);3*1H4/t13-,26?;13-,26+;13-,26-;;;/m000.../s1. The molecule has 0 spiro atoms. The van der Waals surface area contributed by atoms with E-state index in [1.54, 1.807) is 133 Å². The third-order valence-electron chi connectivity index (χ3n) is 8.79. The lowest BCUT2D eigenvalue weighted by Gasteiger charge is -2.23. The van der Waals surface area contributed by atoms with Crippen LogP contribution < -0.4 is 42.4 Å². The van der Waals surface area contributed by atoms with Gasteiger partial charge in [0.15, 0.2) is 17.2 Å². The van der Waals surface area contributed by atoms with Crippen LogP contribution in [-0.2, 0) is 42.3 Å². The maximum atomic E-state index is 13.2. The number of carbonyl (C=O) groups excluding carboxylic acids is 3. The summed E-state index contributed by atoms with van der Waals surface area (Å²) in [5.74, 6) is -0.413. The molecular formula is C54H72Cl3N6O15P3. The van der Waals surface area contributed by atoms with E-state index in [1.165, 1.54) is 76.2 Å². The number of aromatic nitrogens is 3. The van der Waals surface area contributed by atoms with Gasteiger partial charge in [-0.1, -0.05) is 112 Å². The van der Waals surface area contributed by atoms with Gasteiger partial charge in [-0.05, 0) is 98.7 Å². The van der Waals surface area contributed by atoms with Crippen molar-refractivity contribution in [2.75, 3.05) is 0 Å². The fraction of sp³-hybridized carbons (Fsp3) is 0.333. The van der Waals surface area contributed by atoms with Crippen molar-refractivity contribution in [1.82, 2.24) is 30.2 Å². The Balaban J connectivity index is 0.000000596. The van der Waals surface area contributed by atoms with Crippen molar-refractivity contribution in [3.63, 3.8) is 0 Å². The van der Waals surface area contributed by atoms with Crippen molar-refractivity contribution in [3.05, 3.63) is 161 Å². The molecule has 0 saturated carbocycles. The minimum absolute atomic E-state index is 0. The summed E-state index contributed by atoms with van der Waals surface area (Å²) >= 11 is 17.6. The Hall–Kier alpha value is -6.24. The quantitative estimate of drug-likeness (QED) is 0.0289. The number of pyridine rings is 3. The number of hydrogen-bond donors (Lipinski definition) is 3. The molecule has 6 rings (SSSR count). The SMILES string of the molecule is C.C.C.CC(C)OC(=O)[C@H](C)NP(=O)(Oc1ccccc1)Oc1cncc(Cl)c1.CC(C)OC(=O)[C@H](C)N[P@@](=O)(Oc1ccccc1)Oc1cncc(Cl)c1.CC(C)OC(=O)[C@H](C)N[P@](=O)(Oc1ccccc1)Oc1cncc(Cl)c1. The maximum absolute atomic E-state index is 13.2. The molecule has 3 aromatic carbocycles. The van der Waals surface area contributed by atoms with E-state index < -0.39 is 59.3 Å². The van der Waals surface area contributed by atoms with Gasteiger partial charge in [-0.2, -0.15) is 15.3 Å². The molecule has 0 radical (unpaired) electrons. The number of rotatable bonds is 24. The molecule has 3 heterocycles. The van der Waals surface area contributed by atoms with Crippen LogP contribution in [0.1, 0.15) is 84.6 Å². The predicted molar refractivity (Wildman–Crippen MR) is 315 cm³/mol. The largest absolute Gasteiger partial charge is 0.513 e. The second-order valence-corrected chi connectivity index (χ2v) is 23.2. The van der Waals surface area contributed by atoms with Crippen molar-refractivity contribution in [2.45, 2.75) is 121 Å². The number of benzene rings is 3. The number of hydrogen-bond acceptors (Lipinski definition) is 18. The number of ether oxygens (including phenoxy) is 3. The van der Waals surface area contributed by atoms with Crippen LogP contribution in [-0.4, -0.2) is 69.3 Å². The van der Waals surface area contributed by atoms with Crippen LogP contribution in [0.3, 0.4) is 0 Å². The first-order valence-corrected chi connectivity index (χ1v) is 29.5. The maximum Gasteiger partial charge on any atom is 0.513 e. The number of para-hydroxylation sites is 3. The van der Waals surface area contributed by atoms with Gasteiger partial charge >= 0.3 is 41.1 Å². The normalized spacial score (nSPS) is 13.8. The summed E-state index contributed by atoms with van der Waals surface area (Å²) in [6.07, 6.45) is 7.33. The van der Waals surface area contributed by atoms with Gasteiger partial charge in [0.05, 0.1) is 52.0 Å². The molecule has 0 saturated heterocycles. The molecule has 6 aromatic rings. The fourth-order valence-electron chi connectivity index (χ4n) is 5.69. The van der Waals surface area contributed by atoms with E-state index in [0.717, 1.165) is 0 Å². The van der Waals surface area contributed by atoms with Crippen molar-refractivity contribution in [2.24, 2.45) is 0 Å². The summed E-state index contributed by atoms with van der Waals surface area (Å²) in [6, 6.07) is 26.9. The van der Waals surface area contributed by atoms with Crippen LogP contribution in [0.2, 0.25) is 15.1 Å². The summed E-state index contributed by atoms with van der Waals surface area (Å²) in [7, 11) is -12.0. The first-order chi connectivity index (χ1) is 36.8. The van der Waals surface area contributed by atoms with Crippen LogP contribution in [0.15, 0.2) is 146 Å². The van der Waals surface area contributed by atoms with Crippen LogP contribution in [0, 0.1) is 0 Å². The summed E-state index contributed by atoms with van der Waals surface area (Å²) < 4.78 is 88.0. The Kier molecular flexibility index (Phi) is 32.0. The third kappa shape index (κ3) is 27.9. The lowest BCUT2D eigenvalue weighted by Crippen LogP contribution is -2.36. The fourth-order valence-corrected chi connectivity index (χ4v) is 10.7. The van der Waals surface area contributed by atoms with E-state index in [0.29, 0.717) is 32.3 Å². The summed E-state index contributed by atoms with van der Waals surface area (Å²) in [5, 5.41) is 8.66. The van der Waals surface area contributed by atoms with Gasteiger partial charge < -0.3 is 41.4 Å². The van der Waals surface area contributed by atoms with Crippen LogP contribution in [0.4, 0.5) is 0 Å². The molecule has 1 unspecified atom stereocenters. The molecule has 0 aliphatic rings. The minimum atomic E-state index is -3.99. The summed E-state index contributed by atoms with van der Waals surface area (Å²) in [5.41, 5.74) is 0. The van der Waals surface area contributed by atoms with Gasteiger partial charge in [-0.15, -0.1) is 0 Å². The Labute approximate surface area is 490 Å². The molecule has 0 bridgehead atoms. The van der Waals surface area contributed by atoms with Crippen LogP contribution in [0.5, 0.6) is 34.5 Å². The zero-order valence-electron chi connectivity index (χ0n) is 43.8. The van der Waals surface area contributed by atoms with Gasteiger partial charge in [-0.3, -0.25) is 29.3 Å². The molecule has 0 amide bonds. The molecule has 21 nitrogen and oxygen atoms in total. The zero-order valence-corrected chi connectivity index (χ0v) is 48.7. The molecular weight excluding hydrogens is 1170 g/mol. The smallest absolute Gasteiger partial charge is 0.462 e. The van der Waals surface area contributed by atoms with Crippen molar-refractivity contribution < 1.29 is 69.4 Å². The van der Waals surface area contributed by atoms with Crippen LogP contribution >= 0.6 is 58.0 Å². The Morgan fingerprint density at radius 3 is 0.778 bits per heavy atom. The molecule has 6 atom stereocenters. The Morgan fingerprint density at radius 2 is 0.580 bits per heavy atom. The van der Waals surface area contributed by atoms with Gasteiger partial charge in [0.2, 0.25) is 0 Å². The molecule has 3 aromatic heterocycles. The second kappa shape index (κ2) is 35.6. The van der Waals surface area contributed by atoms with E-state index >= 15 is 0 Å². The second-order valence-electron chi connectivity index (χ2n) is 17.0. The first-order valence-electron chi connectivity index (χ1n) is 23.7. The van der Waals surface area contributed by atoms with Gasteiger partial charge in [-0.25, -0.2) is 13.7 Å². The minimum Gasteiger partial charge on any atom is -0.462 e. The highest BCUT2D eigenvalue weighted by Gasteiger charge is 2.37. The van der Waals surface area contributed by atoms with Gasteiger partial charge in [0.1, 0.15) is 35.4 Å². The monoisotopic (exact) mass is 1240 g/mol. The highest BCUT2D eigenvalue weighted by Crippen LogP contribution is 2.48. The van der Waals surface area contributed by atoms with E-state index in [1.807, 2.05) is 0 Å². The lowest BCUT2D eigenvalue weighted by atomic mass is 10.3. The average molecular weight is 1240 g/mol. The van der Waals surface area contributed by atoms with Crippen molar-refractivity contribution >= 4 is 76.0 Å². The van der Waals surface area contributed by atoms with Crippen molar-refractivity contribution in [3.8, 4) is 34.5 Å². The zero-order chi connectivity index (χ0) is 57.5. The van der Waals surface area contributed by atoms with E-state index in [2.05, 4.69) is 30.2 Å². The number of nitrogens with zero attached hydrogens (tertiary/aromatic N) is 3. The number of carbonyl (C=O) groups is 3. The average Bonchev–Trinajstić information content (AvgIpc) is 3.34. The molecule has 27 heteroatoms. The molecule has 0 aliphatic carbocycles. The Bertz CT molecular complexity index is 2680. The molecule has 0 fully saturated rings. The van der Waals surface area contributed by atoms with E-state index in [-0.39, 0.29) is 57.8 Å². The highest BCUT2D eigenvalue weighted by atomic mass is 35.5. The lowest BCUT2D eigenvalue weighted by molar-refractivity contribution is -0.149.